The van der Waals surface area contributed by atoms with Crippen molar-refractivity contribution in [3.05, 3.63) is 96.1 Å². The van der Waals surface area contributed by atoms with Gasteiger partial charge in [-0.25, -0.2) is 5.01 Å². The molecule has 0 unspecified atom stereocenters. The summed E-state index contributed by atoms with van der Waals surface area (Å²) in [5, 5.41) is 1.36. The van der Waals surface area contributed by atoms with Gasteiger partial charge in [-0.2, -0.15) is 0 Å². The van der Waals surface area contributed by atoms with E-state index in [1.165, 1.54) is 5.01 Å². The number of benzene rings is 3. The second kappa shape index (κ2) is 8.61. The number of ether oxygens (including phenoxy) is 1. The summed E-state index contributed by atoms with van der Waals surface area (Å²) >= 11 is 0. The molecular weight excluding hydrogens is 364 g/mol. The average molecular weight is 388 g/mol. The van der Waals surface area contributed by atoms with Crippen molar-refractivity contribution in [2.24, 2.45) is 0 Å². The fraction of sp³-hybridized carbons (Fsp3) is 0.167. The van der Waals surface area contributed by atoms with Crippen LogP contribution in [0.15, 0.2) is 84.9 Å². The number of hydrogen-bond donors (Lipinski definition) is 1. The van der Waals surface area contributed by atoms with Crippen LogP contribution in [0.1, 0.15) is 41.5 Å². The van der Waals surface area contributed by atoms with Crippen molar-refractivity contribution >= 4 is 11.8 Å². The predicted octanol–water partition coefficient (Wildman–Crippen LogP) is 5.06. The average Bonchev–Trinajstić information content (AvgIpc) is 2.72. The van der Waals surface area contributed by atoms with Crippen LogP contribution >= 0.6 is 0 Å². The van der Waals surface area contributed by atoms with Gasteiger partial charge in [0.25, 0.3) is 11.8 Å². The minimum Gasteiger partial charge on any atom is -0.457 e. The maximum atomic E-state index is 13.0. The van der Waals surface area contributed by atoms with Crippen molar-refractivity contribution < 1.29 is 14.3 Å². The number of nitrogens with one attached hydrogen (secondary N) is 1. The molecule has 1 N–H and O–H groups in total. The zero-order valence-electron chi connectivity index (χ0n) is 16.8. The highest BCUT2D eigenvalue weighted by molar-refractivity contribution is 5.99. The summed E-state index contributed by atoms with van der Waals surface area (Å²) in [7, 11) is 0. The predicted molar refractivity (Wildman–Crippen MR) is 113 cm³/mol. The van der Waals surface area contributed by atoms with Crippen LogP contribution in [0.25, 0.3) is 0 Å². The zero-order chi connectivity index (χ0) is 20.9. The first-order valence-corrected chi connectivity index (χ1v) is 9.38. The van der Waals surface area contributed by atoms with Gasteiger partial charge < -0.3 is 4.74 Å². The van der Waals surface area contributed by atoms with Gasteiger partial charge in [0.15, 0.2) is 0 Å². The van der Waals surface area contributed by atoms with Crippen LogP contribution in [0.3, 0.4) is 0 Å². The molecule has 0 aliphatic rings. The molecule has 3 rings (SSSR count). The fourth-order valence-electron chi connectivity index (χ4n) is 2.72. The van der Waals surface area contributed by atoms with Crippen molar-refractivity contribution in [2.75, 3.05) is 0 Å². The summed E-state index contributed by atoms with van der Waals surface area (Å²) < 4.78 is 5.80. The Morgan fingerprint density at radius 1 is 0.759 bits per heavy atom. The Hall–Kier alpha value is -3.60. The third kappa shape index (κ3) is 5.23. The molecule has 0 spiro atoms. The largest absolute Gasteiger partial charge is 0.457 e. The maximum absolute atomic E-state index is 13.0. The van der Waals surface area contributed by atoms with Crippen LogP contribution in [0, 0.1) is 0 Å². The molecule has 148 valence electrons. The molecule has 0 bridgehead atoms. The molecule has 0 atom stereocenters. The van der Waals surface area contributed by atoms with Crippen molar-refractivity contribution in [1.82, 2.24) is 10.4 Å². The summed E-state index contributed by atoms with van der Waals surface area (Å²) in [6.07, 6.45) is 0. The molecule has 2 amide bonds. The lowest BCUT2D eigenvalue weighted by Gasteiger charge is -2.35. The van der Waals surface area contributed by atoms with E-state index in [4.69, 9.17) is 4.74 Å². The Morgan fingerprint density at radius 2 is 1.31 bits per heavy atom. The van der Waals surface area contributed by atoms with Crippen LogP contribution in [0.5, 0.6) is 11.5 Å². The number of para-hydroxylation sites is 1. The summed E-state index contributed by atoms with van der Waals surface area (Å²) in [5.74, 6) is 0.562. The molecule has 3 aromatic carbocycles. The van der Waals surface area contributed by atoms with Gasteiger partial charge in [0.1, 0.15) is 11.5 Å². The summed E-state index contributed by atoms with van der Waals surface area (Å²) in [4.78, 5) is 25.8. The Balaban J connectivity index is 1.79. The Labute approximate surface area is 170 Å². The van der Waals surface area contributed by atoms with Gasteiger partial charge in [-0.3, -0.25) is 15.0 Å². The van der Waals surface area contributed by atoms with E-state index in [-0.39, 0.29) is 11.8 Å². The van der Waals surface area contributed by atoms with Crippen molar-refractivity contribution in [2.45, 2.75) is 26.3 Å². The highest BCUT2D eigenvalue weighted by Crippen LogP contribution is 2.22. The Morgan fingerprint density at radius 3 is 1.93 bits per heavy atom. The highest BCUT2D eigenvalue weighted by Gasteiger charge is 2.29. The molecule has 0 aliphatic heterocycles. The second-order valence-electron chi connectivity index (χ2n) is 7.56. The van der Waals surface area contributed by atoms with Gasteiger partial charge in [0.2, 0.25) is 0 Å². The number of amides is 2. The smallest absolute Gasteiger partial charge is 0.272 e. The van der Waals surface area contributed by atoms with E-state index in [0.717, 1.165) is 0 Å². The quantitative estimate of drug-likeness (QED) is 0.635. The minimum absolute atomic E-state index is 0.275. The zero-order valence-corrected chi connectivity index (χ0v) is 16.8. The first-order chi connectivity index (χ1) is 13.8. The normalized spacial score (nSPS) is 10.9. The number of carbonyl (C=O) groups excluding carboxylic acids is 2. The number of carbonyl (C=O) groups is 2. The van der Waals surface area contributed by atoms with E-state index in [0.29, 0.717) is 22.6 Å². The van der Waals surface area contributed by atoms with Gasteiger partial charge in [-0.05, 0) is 63.2 Å². The van der Waals surface area contributed by atoms with Crippen LogP contribution in [0.2, 0.25) is 0 Å². The lowest BCUT2D eigenvalue weighted by Crippen LogP contribution is -2.55. The molecule has 5 nitrogen and oxygen atoms in total. The molecule has 0 saturated carbocycles. The molecule has 5 heteroatoms. The van der Waals surface area contributed by atoms with Gasteiger partial charge >= 0.3 is 0 Å². The van der Waals surface area contributed by atoms with Gasteiger partial charge in [-0.15, -0.1) is 0 Å². The van der Waals surface area contributed by atoms with E-state index in [9.17, 15) is 9.59 Å². The van der Waals surface area contributed by atoms with Crippen molar-refractivity contribution in [1.29, 1.82) is 0 Å². The minimum atomic E-state index is -0.610. The maximum Gasteiger partial charge on any atom is 0.272 e. The Bertz CT molecular complexity index is 980. The van der Waals surface area contributed by atoms with Gasteiger partial charge in [0.05, 0.1) is 5.54 Å². The lowest BCUT2D eigenvalue weighted by molar-refractivity contribution is 0.0358. The van der Waals surface area contributed by atoms with Crippen LogP contribution < -0.4 is 10.2 Å². The van der Waals surface area contributed by atoms with E-state index in [2.05, 4.69) is 5.43 Å². The Kier molecular flexibility index (Phi) is 5.98. The molecule has 0 fully saturated rings. The van der Waals surface area contributed by atoms with Gasteiger partial charge in [0, 0.05) is 11.1 Å². The van der Waals surface area contributed by atoms with Crippen LogP contribution in [-0.4, -0.2) is 22.4 Å². The number of hydrogen-bond acceptors (Lipinski definition) is 3. The molecule has 0 aliphatic carbocycles. The van der Waals surface area contributed by atoms with Crippen LogP contribution in [-0.2, 0) is 0 Å². The summed E-state index contributed by atoms with van der Waals surface area (Å²) in [6, 6.07) is 25.1. The van der Waals surface area contributed by atoms with Crippen molar-refractivity contribution in [3.63, 3.8) is 0 Å². The topological polar surface area (TPSA) is 58.6 Å². The SMILES string of the molecule is CC(C)(C)N(NC(=O)c1cccc(Oc2ccccc2)c1)C(=O)c1ccccc1. The molecule has 3 aromatic rings. The van der Waals surface area contributed by atoms with E-state index < -0.39 is 5.54 Å². The molecule has 0 radical (unpaired) electrons. The molecule has 0 aromatic heterocycles. The third-order valence-corrected chi connectivity index (χ3v) is 4.18. The molecule has 29 heavy (non-hydrogen) atoms. The monoisotopic (exact) mass is 388 g/mol. The number of rotatable bonds is 4. The van der Waals surface area contributed by atoms with E-state index >= 15 is 0 Å². The highest BCUT2D eigenvalue weighted by atomic mass is 16.5. The van der Waals surface area contributed by atoms with Crippen molar-refractivity contribution in [3.8, 4) is 11.5 Å². The van der Waals surface area contributed by atoms with Crippen LogP contribution in [0.4, 0.5) is 0 Å². The lowest BCUT2D eigenvalue weighted by atomic mass is 10.1. The number of hydrazine groups is 1. The first-order valence-electron chi connectivity index (χ1n) is 9.38. The standard InChI is InChI=1S/C24H24N2O3/c1-24(2,3)26(23(28)18-11-6-4-7-12-18)25-22(27)19-13-10-16-21(17-19)29-20-14-8-5-9-15-20/h4-17H,1-3H3,(H,25,27). The fourth-order valence-corrected chi connectivity index (χ4v) is 2.72. The van der Waals surface area contributed by atoms with Gasteiger partial charge in [-0.1, -0.05) is 42.5 Å². The first kappa shape index (κ1) is 20.1. The summed E-state index contributed by atoms with van der Waals surface area (Å²) in [5.41, 5.74) is 3.04. The second-order valence-corrected chi connectivity index (χ2v) is 7.56. The number of nitrogens with zero attached hydrogens (tertiary/aromatic N) is 1. The van der Waals surface area contributed by atoms with E-state index in [1.54, 1.807) is 48.5 Å². The third-order valence-electron chi connectivity index (χ3n) is 4.18. The molecule has 0 saturated heterocycles. The van der Waals surface area contributed by atoms with E-state index in [1.807, 2.05) is 57.2 Å². The molecule has 0 heterocycles. The summed E-state index contributed by atoms with van der Waals surface area (Å²) in [6.45, 7) is 5.59. The molecular formula is C24H24N2O3.